The zero-order chi connectivity index (χ0) is 19.8. The largest absolute Gasteiger partial charge is 0.357 e. The fourth-order valence-corrected chi connectivity index (χ4v) is 3.96. The number of nitrogens with one attached hydrogen (secondary N) is 2. The van der Waals surface area contributed by atoms with Crippen LogP contribution in [0.1, 0.15) is 39.5 Å². The highest BCUT2D eigenvalue weighted by atomic mass is 127. The van der Waals surface area contributed by atoms with Crippen molar-refractivity contribution >= 4 is 35.8 Å². The zero-order valence-corrected chi connectivity index (χ0v) is 20.1. The fourth-order valence-electron chi connectivity index (χ4n) is 3.96. The number of piperidine rings is 1. The lowest BCUT2D eigenvalue weighted by Crippen LogP contribution is -2.44. The second kappa shape index (κ2) is 12.5. The molecule has 29 heavy (non-hydrogen) atoms. The van der Waals surface area contributed by atoms with Crippen molar-refractivity contribution in [1.29, 1.82) is 0 Å². The first-order chi connectivity index (χ1) is 13.7. The van der Waals surface area contributed by atoms with Gasteiger partial charge >= 0.3 is 0 Å². The third-order valence-corrected chi connectivity index (χ3v) is 5.69. The number of anilines is 1. The van der Waals surface area contributed by atoms with Gasteiger partial charge in [-0.25, -0.2) is 9.37 Å². The fraction of sp³-hybridized carbons (Fsp3) is 0.714. The second-order valence-electron chi connectivity index (χ2n) is 8.02. The number of rotatable bonds is 7. The van der Waals surface area contributed by atoms with Gasteiger partial charge in [-0.2, -0.15) is 0 Å². The quantitative estimate of drug-likeness (QED) is 0.252. The van der Waals surface area contributed by atoms with E-state index in [4.69, 9.17) is 4.99 Å². The molecule has 0 aliphatic carbocycles. The zero-order valence-electron chi connectivity index (χ0n) is 17.7. The Morgan fingerprint density at radius 2 is 2.07 bits per heavy atom. The number of guanidine groups is 1. The van der Waals surface area contributed by atoms with Gasteiger partial charge in [0.1, 0.15) is 0 Å². The molecule has 0 saturated carbocycles. The Labute approximate surface area is 191 Å². The summed E-state index contributed by atoms with van der Waals surface area (Å²) in [5.74, 6) is 1.94. The molecule has 6 nitrogen and oxygen atoms in total. The SMILES string of the molecule is CCNC(=NCCCN1CCC(C)CC1)NC1CCN(c2ncccc2F)C1.I. The lowest BCUT2D eigenvalue weighted by molar-refractivity contribution is 0.192. The van der Waals surface area contributed by atoms with Crippen LogP contribution in [0.2, 0.25) is 0 Å². The minimum atomic E-state index is -0.254. The van der Waals surface area contributed by atoms with Crippen LogP contribution < -0.4 is 15.5 Å². The van der Waals surface area contributed by atoms with Gasteiger partial charge in [0, 0.05) is 38.4 Å². The molecule has 3 heterocycles. The molecule has 2 fully saturated rings. The van der Waals surface area contributed by atoms with Crippen LogP contribution in [-0.4, -0.2) is 67.7 Å². The van der Waals surface area contributed by atoms with Crippen LogP contribution >= 0.6 is 24.0 Å². The normalized spacial score (nSPS) is 21.1. The predicted molar refractivity (Wildman–Crippen MR) is 129 cm³/mol. The van der Waals surface area contributed by atoms with Crippen molar-refractivity contribution < 1.29 is 4.39 Å². The highest BCUT2D eigenvalue weighted by Gasteiger charge is 2.25. The number of aromatic nitrogens is 1. The molecule has 164 valence electrons. The lowest BCUT2D eigenvalue weighted by atomic mass is 9.99. The van der Waals surface area contributed by atoms with Gasteiger partial charge in [-0.3, -0.25) is 4.99 Å². The van der Waals surface area contributed by atoms with Crippen LogP contribution in [0.5, 0.6) is 0 Å². The van der Waals surface area contributed by atoms with Crippen molar-refractivity contribution in [2.24, 2.45) is 10.9 Å². The van der Waals surface area contributed by atoms with Gasteiger partial charge in [0.05, 0.1) is 0 Å². The maximum Gasteiger partial charge on any atom is 0.191 e. The Bertz CT molecular complexity index is 635. The van der Waals surface area contributed by atoms with Crippen molar-refractivity contribution in [3.8, 4) is 0 Å². The van der Waals surface area contributed by atoms with Crippen molar-refractivity contribution in [2.75, 3.05) is 50.7 Å². The third kappa shape index (κ3) is 7.55. The number of aliphatic imine (C=N–C) groups is 1. The topological polar surface area (TPSA) is 55.8 Å². The first-order valence-corrected chi connectivity index (χ1v) is 10.8. The van der Waals surface area contributed by atoms with E-state index < -0.39 is 0 Å². The monoisotopic (exact) mass is 518 g/mol. The summed E-state index contributed by atoms with van der Waals surface area (Å²) < 4.78 is 14.0. The van der Waals surface area contributed by atoms with E-state index in [2.05, 4.69) is 34.4 Å². The summed E-state index contributed by atoms with van der Waals surface area (Å²) in [7, 11) is 0. The van der Waals surface area contributed by atoms with Gasteiger partial charge in [0.25, 0.3) is 0 Å². The van der Waals surface area contributed by atoms with Crippen molar-refractivity contribution in [2.45, 2.75) is 45.6 Å². The summed E-state index contributed by atoms with van der Waals surface area (Å²) in [6.07, 6.45) is 6.33. The van der Waals surface area contributed by atoms with E-state index >= 15 is 0 Å². The van der Waals surface area contributed by atoms with E-state index in [-0.39, 0.29) is 35.8 Å². The maximum absolute atomic E-state index is 14.0. The van der Waals surface area contributed by atoms with Crippen molar-refractivity contribution in [3.63, 3.8) is 0 Å². The predicted octanol–water partition coefficient (Wildman–Crippen LogP) is 3.09. The molecule has 2 saturated heterocycles. The molecule has 0 spiro atoms. The smallest absolute Gasteiger partial charge is 0.191 e. The number of likely N-dealkylation sites (tertiary alicyclic amines) is 1. The average molecular weight is 518 g/mol. The summed E-state index contributed by atoms with van der Waals surface area (Å²) in [6, 6.07) is 3.35. The van der Waals surface area contributed by atoms with E-state index in [1.165, 1.54) is 32.0 Å². The van der Waals surface area contributed by atoms with Gasteiger partial charge < -0.3 is 20.4 Å². The maximum atomic E-state index is 14.0. The Kier molecular flexibility index (Phi) is 10.4. The Balaban J connectivity index is 0.00000300. The number of nitrogens with zero attached hydrogens (tertiary/aromatic N) is 4. The van der Waals surface area contributed by atoms with Gasteiger partial charge in [0.15, 0.2) is 17.6 Å². The lowest BCUT2D eigenvalue weighted by Gasteiger charge is -2.29. The molecule has 1 aromatic heterocycles. The van der Waals surface area contributed by atoms with Crippen LogP contribution in [0.3, 0.4) is 0 Å². The molecule has 1 unspecified atom stereocenters. The molecule has 0 radical (unpaired) electrons. The molecule has 0 bridgehead atoms. The molecule has 3 rings (SSSR count). The van der Waals surface area contributed by atoms with Gasteiger partial charge in [-0.15, -0.1) is 24.0 Å². The summed E-state index contributed by atoms with van der Waals surface area (Å²) >= 11 is 0. The Hall–Kier alpha value is -1.16. The highest BCUT2D eigenvalue weighted by Crippen LogP contribution is 2.20. The van der Waals surface area contributed by atoms with E-state index in [0.29, 0.717) is 5.82 Å². The minimum Gasteiger partial charge on any atom is -0.357 e. The number of pyridine rings is 1. The van der Waals surface area contributed by atoms with E-state index in [1.807, 2.05) is 4.90 Å². The number of hydrogen-bond donors (Lipinski definition) is 2. The molecule has 2 aliphatic rings. The molecule has 2 N–H and O–H groups in total. The molecule has 1 aromatic rings. The van der Waals surface area contributed by atoms with Crippen LogP contribution in [0.25, 0.3) is 0 Å². The molecule has 0 aromatic carbocycles. The van der Waals surface area contributed by atoms with Crippen molar-refractivity contribution in [1.82, 2.24) is 20.5 Å². The van der Waals surface area contributed by atoms with Gasteiger partial charge in [-0.05, 0) is 70.3 Å². The number of hydrogen-bond acceptors (Lipinski definition) is 4. The van der Waals surface area contributed by atoms with Gasteiger partial charge in [-0.1, -0.05) is 6.92 Å². The third-order valence-electron chi connectivity index (χ3n) is 5.69. The van der Waals surface area contributed by atoms with Crippen LogP contribution in [0.4, 0.5) is 10.2 Å². The summed E-state index contributed by atoms with van der Waals surface area (Å²) in [6.45, 7) is 11.2. The summed E-state index contributed by atoms with van der Waals surface area (Å²) in [4.78, 5) is 13.5. The molecule has 2 aliphatic heterocycles. The molecule has 1 atom stereocenters. The van der Waals surface area contributed by atoms with E-state index in [0.717, 1.165) is 57.4 Å². The summed E-state index contributed by atoms with van der Waals surface area (Å²) in [5, 5.41) is 6.85. The van der Waals surface area contributed by atoms with Crippen molar-refractivity contribution in [3.05, 3.63) is 24.1 Å². The molecule has 8 heteroatoms. The Morgan fingerprint density at radius 3 is 2.79 bits per heavy atom. The molecule has 0 amide bonds. The Morgan fingerprint density at radius 1 is 1.28 bits per heavy atom. The number of halogens is 2. The van der Waals surface area contributed by atoms with E-state index in [1.54, 1.807) is 12.3 Å². The first kappa shape index (κ1) is 24.1. The highest BCUT2D eigenvalue weighted by molar-refractivity contribution is 14.0. The molecular weight excluding hydrogens is 482 g/mol. The second-order valence-corrected chi connectivity index (χ2v) is 8.02. The average Bonchev–Trinajstić information content (AvgIpc) is 3.15. The van der Waals surface area contributed by atoms with Crippen LogP contribution in [0.15, 0.2) is 23.3 Å². The van der Waals surface area contributed by atoms with Gasteiger partial charge in [0.2, 0.25) is 0 Å². The molecular formula is C21H36FIN6. The van der Waals surface area contributed by atoms with Crippen LogP contribution in [0, 0.1) is 11.7 Å². The van der Waals surface area contributed by atoms with Crippen LogP contribution in [-0.2, 0) is 0 Å². The first-order valence-electron chi connectivity index (χ1n) is 10.8. The van der Waals surface area contributed by atoms with E-state index in [9.17, 15) is 4.39 Å². The standard InChI is InChI=1S/C21H35FN6.HI/c1-3-23-21(25-11-5-12-27-13-7-17(2)8-14-27)26-18-9-15-28(16-18)20-19(22)6-4-10-24-20;/h4,6,10,17-18H,3,5,7-9,11-16H2,1-2H3,(H2,23,25,26);1H. The minimum absolute atomic E-state index is 0. The summed E-state index contributed by atoms with van der Waals surface area (Å²) in [5.41, 5.74) is 0.